The molecule has 0 bridgehead atoms. The van der Waals surface area contributed by atoms with Gasteiger partial charge in [0, 0.05) is 11.8 Å². The highest BCUT2D eigenvalue weighted by Gasteiger charge is 2.06. The van der Waals surface area contributed by atoms with Crippen molar-refractivity contribution >= 4 is 0 Å². The van der Waals surface area contributed by atoms with Crippen LogP contribution in [0, 0.1) is 0 Å². The van der Waals surface area contributed by atoms with Gasteiger partial charge in [-0.2, -0.15) is 0 Å². The number of hydrogen-bond acceptors (Lipinski definition) is 3. The van der Waals surface area contributed by atoms with Crippen molar-refractivity contribution in [2.45, 2.75) is 6.61 Å². The molecule has 3 nitrogen and oxygen atoms in total. The van der Waals surface area contributed by atoms with E-state index in [1.807, 2.05) is 60.7 Å². The van der Waals surface area contributed by atoms with E-state index in [1.54, 1.807) is 12.5 Å². The maximum absolute atomic E-state index is 5.92. The quantitative estimate of drug-likeness (QED) is 0.718. The van der Waals surface area contributed by atoms with Crippen molar-refractivity contribution in [3.63, 3.8) is 0 Å². The van der Waals surface area contributed by atoms with Crippen LogP contribution in [0.3, 0.4) is 0 Å². The number of hydrogen-bond donors (Lipinski definition) is 0. The number of benzene rings is 2. The lowest BCUT2D eigenvalue weighted by Gasteiger charge is -2.10. The van der Waals surface area contributed by atoms with Crippen molar-refractivity contribution in [2.24, 2.45) is 0 Å². The fourth-order valence-corrected chi connectivity index (χ4v) is 1.99. The summed E-state index contributed by atoms with van der Waals surface area (Å²) in [4.78, 5) is 8.22. The maximum Gasteiger partial charge on any atom is 0.129 e. The minimum atomic E-state index is 0.545. The number of para-hydroxylation sites is 1. The highest BCUT2D eigenvalue weighted by molar-refractivity contribution is 5.66. The minimum Gasteiger partial charge on any atom is -0.488 e. The lowest BCUT2D eigenvalue weighted by Crippen LogP contribution is -1.97. The van der Waals surface area contributed by atoms with Gasteiger partial charge in [0.2, 0.25) is 0 Å². The molecular weight excluding hydrogens is 248 g/mol. The number of rotatable bonds is 4. The van der Waals surface area contributed by atoms with E-state index in [0.717, 1.165) is 22.6 Å². The van der Waals surface area contributed by atoms with Gasteiger partial charge in [0.15, 0.2) is 0 Å². The van der Waals surface area contributed by atoms with Crippen LogP contribution in [0.25, 0.3) is 11.3 Å². The first-order valence-electron chi connectivity index (χ1n) is 6.45. The third-order valence-electron chi connectivity index (χ3n) is 2.98. The molecule has 0 aliphatic carbocycles. The van der Waals surface area contributed by atoms with E-state index in [-0.39, 0.29) is 0 Å². The SMILES string of the molecule is c1ccc(COc2ccccc2-c2ccncn2)cc1. The molecule has 1 heterocycles. The second kappa shape index (κ2) is 5.97. The molecule has 98 valence electrons. The molecule has 0 saturated heterocycles. The molecule has 1 aromatic heterocycles. The summed E-state index contributed by atoms with van der Waals surface area (Å²) >= 11 is 0. The standard InChI is InChI=1S/C17H14N2O/c1-2-6-14(7-3-1)12-20-17-9-5-4-8-15(17)16-10-11-18-13-19-16/h1-11,13H,12H2. The predicted octanol–water partition coefficient (Wildman–Crippen LogP) is 3.72. The molecule has 2 aromatic carbocycles. The monoisotopic (exact) mass is 262 g/mol. The number of ether oxygens (including phenoxy) is 1. The van der Waals surface area contributed by atoms with Gasteiger partial charge in [-0.25, -0.2) is 9.97 Å². The Hall–Kier alpha value is -2.68. The van der Waals surface area contributed by atoms with E-state index in [0.29, 0.717) is 6.61 Å². The smallest absolute Gasteiger partial charge is 0.129 e. The molecule has 0 radical (unpaired) electrons. The highest BCUT2D eigenvalue weighted by Crippen LogP contribution is 2.28. The van der Waals surface area contributed by atoms with E-state index in [9.17, 15) is 0 Å². The molecule has 0 N–H and O–H groups in total. The van der Waals surface area contributed by atoms with Crippen LogP contribution in [-0.4, -0.2) is 9.97 Å². The largest absolute Gasteiger partial charge is 0.488 e. The Morgan fingerprint density at radius 1 is 0.850 bits per heavy atom. The van der Waals surface area contributed by atoms with Crippen molar-refractivity contribution in [1.82, 2.24) is 9.97 Å². The van der Waals surface area contributed by atoms with Crippen LogP contribution in [0.2, 0.25) is 0 Å². The topological polar surface area (TPSA) is 35.0 Å². The first-order valence-corrected chi connectivity index (χ1v) is 6.45. The van der Waals surface area contributed by atoms with Crippen molar-refractivity contribution < 1.29 is 4.74 Å². The van der Waals surface area contributed by atoms with Crippen molar-refractivity contribution in [1.29, 1.82) is 0 Å². The van der Waals surface area contributed by atoms with Gasteiger partial charge in [0.1, 0.15) is 18.7 Å². The summed E-state index contributed by atoms with van der Waals surface area (Å²) in [5, 5.41) is 0. The fourth-order valence-electron chi connectivity index (χ4n) is 1.99. The molecule has 0 spiro atoms. The van der Waals surface area contributed by atoms with E-state index in [4.69, 9.17) is 4.74 Å². The zero-order valence-corrected chi connectivity index (χ0v) is 10.9. The second-order valence-electron chi connectivity index (χ2n) is 4.37. The minimum absolute atomic E-state index is 0.545. The van der Waals surface area contributed by atoms with Gasteiger partial charge in [-0.15, -0.1) is 0 Å². The Bertz CT molecular complexity index is 669. The Labute approximate surface area is 117 Å². The van der Waals surface area contributed by atoms with Gasteiger partial charge in [-0.1, -0.05) is 42.5 Å². The van der Waals surface area contributed by atoms with Gasteiger partial charge < -0.3 is 4.74 Å². The van der Waals surface area contributed by atoms with Crippen LogP contribution in [0.4, 0.5) is 0 Å². The van der Waals surface area contributed by atoms with Gasteiger partial charge in [-0.05, 0) is 23.8 Å². The third kappa shape index (κ3) is 2.83. The number of aromatic nitrogens is 2. The molecule has 0 fully saturated rings. The van der Waals surface area contributed by atoms with E-state index >= 15 is 0 Å². The van der Waals surface area contributed by atoms with Gasteiger partial charge in [0.25, 0.3) is 0 Å². The Kier molecular flexibility index (Phi) is 3.69. The molecule has 0 atom stereocenters. The van der Waals surface area contributed by atoms with Crippen molar-refractivity contribution in [3.8, 4) is 17.0 Å². The van der Waals surface area contributed by atoms with Crippen molar-refractivity contribution in [2.75, 3.05) is 0 Å². The molecule has 3 aromatic rings. The molecule has 0 aliphatic rings. The summed E-state index contributed by atoms with van der Waals surface area (Å²) in [5.41, 5.74) is 2.99. The van der Waals surface area contributed by atoms with Crippen molar-refractivity contribution in [3.05, 3.63) is 78.8 Å². The molecule has 3 rings (SSSR count). The molecule has 20 heavy (non-hydrogen) atoms. The third-order valence-corrected chi connectivity index (χ3v) is 2.98. The second-order valence-corrected chi connectivity index (χ2v) is 4.37. The molecular formula is C17H14N2O. The lowest BCUT2D eigenvalue weighted by atomic mass is 10.1. The maximum atomic E-state index is 5.92. The van der Waals surface area contributed by atoms with E-state index in [1.165, 1.54) is 0 Å². The predicted molar refractivity (Wildman–Crippen MR) is 78.2 cm³/mol. The summed E-state index contributed by atoms with van der Waals surface area (Å²) in [6, 6.07) is 19.9. The Morgan fingerprint density at radius 2 is 1.65 bits per heavy atom. The summed E-state index contributed by atoms with van der Waals surface area (Å²) in [5.74, 6) is 0.829. The van der Waals surface area contributed by atoms with Gasteiger partial charge in [-0.3, -0.25) is 0 Å². The normalized spacial score (nSPS) is 10.2. The van der Waals surface area contributed by atoms with Crippen LogP contribution in [-0.2, 0) is 6.61 Å². The van der Waals surface area contributed by atoms with Gasteiger partial charge >= 0.3 is 0 Å². The zero-order valence-electron chi connectivity index (χ0n) is 10.9. The number of nitrogens with zero attached hydrogens (tertiary/aromatic N) is 2. The molecule has 0 aliphatic heterocycles. The van der Waals surface area contributed by atoms with E-state index in [2.05, 4.69) is 9.97 Å². The zero-order chi connectivity index (χ0) is 13.6. The molecule has 0 amide bonds. The Balaban J connectivity index is 1.84. The Morgan fingerprint density at radius 3 is 2.45 bits per heavy atom. The summed E-state index contributed by atoms with van der Waals surface area (Å²) in [6.07, 6.45) is 3.28. The van der Waals surface area contributed by atoms with Crippen LogP contribution < -0.4 is 4.74 Å². The average molecular weight is 262 g/mol. The summed E-state index contributed by atoms with van der Waals surface area (Å²) in [7, 11) is 0. The first-order chi connectivity index (χ1) is 9.93. The molecule has 3 heteroatoms. The van der Waals surface area contributed by atoms with Gasteiger partial charge in [0.05, 0.1) is 5.69 Å². The van der Waals surface area contributed by atoms with Crippen LogP contribution in [0.1, 0.15) is 5.56 Å². The summed E-state index contributed by atoms with van der Waals surface area (Å²) < 4.78 is 5.92. The summed E-state index contributed by atoms with van der Waals surface area (Å²) in [6.45, 7) is 0.545. The van der Waals surface area contributed by atoms with Crippen LogP contribution in [0.15, 0.2) is 73.2 Å². The molecule has 0 saturated carbocycles. The average Bonchev–Trinajstić information content (AvgIpc) is 2.55. The van der Waals surface area contributed by atoms with E-state index < -0.39 is 0 Å². The lowest BCUT2D eigenvalue weighted by molar-refractivity contribution is 0.307. The van der Waals surface area contributed by atoms with Crippen LogP contribution >= 0.6 is 0 Å². The fraction of sp³-hybridized carbons (Fsp3) is 0.0588. The first kappa shape index (κ1) is 12.4. The molecule has 0 unspecified atom stereocenters. The van der Waals surface area contributed by atoms with Crippen LogP contribution in [0.5, 0.6) is 5.75 Å². The highest BCUT2D eigenvalue weighted by atomic mass is 16.5.